The van der Waals surface area contributed by atoms with Crippen LogP contribution in [-0.2, 0) is 16.0 Å². The van der Waals surface area contributed by atoms with Crippen molar-refractivity contribution in [2.24, 2.45) is 0 Å². The Hall–Kier alpha value is -2.85. The molecular formula is C19H20N2O4S. The third kappa shape index (κ3) is 4.41. The fraction of sp³-hybridized carbons (Fsp3) is 0.316. The van der Waals surface area contributed by atoms with Gasteiger partial charge in [-0.2, -0.15) is 5.26 Å². The van der Waals surface area contributed by atoms with E-state index in [0.29, 0.717) is 21.9 Å². The van der Waals surface area contributed by atoms with E-state index < -0.39 is 11.9 Å². The van der Waals surface area contributed by atoms with Gasteiger partial charge in [-0.05, 0) is 38.0 Å². The number of aryl methyl sites for hydroxylation is 1. The van der Waals surface area contributed by atoms with Crippen LogP contribution in [0.1, 0.15) is 40.2 Å². The number of carbonyl (C=O) groups excluding carboxylic acids is 2. The number of hydrogen-bond acceptors (Lipinski definition) is 6. The fourth-order valence-electron chi connectivity index (χ4n) is 2.43. The fourth-order valence-corrected chi connectivity index (χ4v) is 3.58. The molecule has 1 heterocycles. The Morgan fingerprint density at radius 1 is 1.27 bits per heavy atom. The van der Waals surface area contributed by atoms with Crippen molar-refractivity contribution in [2.75, 3.05) is 18.5 Å². The topological polar surface area (TPSA) is 88.4 Å². The van der Waals surface area contributed by atoms with Gasteiger partial charge in [0.05, 0.1) is 17.7 Å². The summed E-state index contributed by atoms with van der Waals surface area (Å²) in [7, 11) is 0. The largest absolute Gasteiger partial charge is 0.482 e. The zero-order valence-corrected chi connectivity index (χ0v) is 15.7. The number of para-hydroxylation sites is 1. The van der Waals surface area contributed by atoms with Crippen molar-refractivity contribution >= 4 is 28.2 Å². The van der Waals surface area contributed by atoms with E-state index in [2.05, 4.69) is 5.32 Å². The van der Waals surface area contributed by atoms with Crippen LogP contribution in [0.3, 0.4) is 0 Å². The highest BCUT2D eigenvalue weighted by Crippen LogP contribution is 2.34. The summed E-state index contributed by atoms with van der Waals surface area (Å²) in [6.07, 6.45) is 0.755. The third-order valence-corrected chi connectivity index (χ3v) is 5.02. The second-order valence-corrected chi connectivity index (χ2v) is 6.48. The van der Waals surface area contributed by atoms with Crippen LogP contribution in [0, 0.1) is 18.3 Å². The van der Waals surface area contributed by atoms with Crippen molar-refractivity contribution in [3.8, 4) is 11.8 Å². The summed E-state index contributed by atoms with van der Waals surface area (Å²) in [6, 6.07) is 8.69. The van der Waals surface area contributed by atoms with E-state index in [4.69, 9.17) is 14.7 Å². The maximum Gasteiger partial charge on any atom is 0.341 e. The van der Waals surface area contributed by atoms with Crippen LogP contribution in [0.4, 0.5) is 5.00 Å². The lowest BCUT2D eigenvalue weighted by Gasteiger charge is -2.09. The Kier molecular flexibility index (Phi) is 6.75. The molecule has 0 saturated carbocycles. The first-order valence-electron chi connectivity index (χ1n) is 8.22. The Bertz CT molecular complexity index is 852. The Labute approximate surface area is 156 Å². The molecule has 0 spiro atoms. The van der Waals surface area contributed by atoms with Gasteiger partial charge in [0.2, 0.25) is 0 Å². The molecule has 1 amide bonds. The summed E-state index contributed by atoms with van der Waals surface area (Å²) in [5, 5.41) is 12.2. The number of nitrogens with zero attached hydrogens (tertiary/aromatic N) is 1. The van der Waals surface area contributed by atoms with Gasteiger partial charge in [0.1, 0.15) is 16.8 Å². The summed E-state index contributed by atoms with van der Waals surface area (Å²) in [5.74, 6) is -0.522. The van der Waals surface area contributed by atoms with Gasteiger partial charge in [0.15, 0.2) is 6.61 Å². The molecule has 136 valence electrons. The minimum absolute atomic E-state index is 0.261. The molecule has 0 bridgehead atoms. The van der Waals surface area contributed by atoms with Crippen LogP contribution < -0.4 is 10.1 Å². The molecule has 26 heavy (non-hydrogen) atoms. The molecular weight excluding hydrogens is 352 g/mol. The molecule has 0 aliphatic rings. The minimum Gasteiger partial charge on any atom is -0.482 e. The normalized spacial score (nSPS) is 10.1. The first-order valence-corrected chi connectivity index (χ1v) is 9.04. The Morgan fingerprint density at radius 2 is 2.00 bits per heavy atom. The smallest absolute Gasteiger partial charge is 0.341 e. The molecule has 0 saturated heterocycles. The van der Waals surface area contributed by atoms with Crippen LogP contribution in [0.2, 0.25) is 0 Å². The number of carbonyl (C=O) groups is 2. The number of benzene rings is 1. The second-order valence-electron chi connectivity index (χ2n) is 5.37. The van der Waals surface area contributed by atoms with Crippen LogP contribution >= 0.6 is 11.3 Å². The predicted molar refractivity (Wildman–Crippen MR) is 99.7 cm³/mol. The molecule has 0 aliphatic carbocycles. The van der Waals surface area contributed by atoms with E-state index in [0.717, 1.165) is 16.9 Å². The third-order valence-electron chi connectivity index (χ3n) is 3.67. The second kappa shape index (κ2) is 9.02. The number of hydrogen-bond donors (Lipinski definition) is 1. The SMILES string of the molecule is CCOC(=O)c1c(NC(=O)COc2ccccc2C#N)sc(CC)c1C. The van der Waals surface area contributed by atoms with E-state index in [-0.39, 0.29) is 13.2 Å². The lowest BCUT2D eigenvalue weighted by Crippen LogP contribution is -2.21. The summed E-state index contributed by atoms with van der Waals surface area (Å²) < 4.78 is 10.5. The number of nitrogens with one attached hydrogen (secondary N) is 1. The van der Waals surface area contributed by atoms with Gasteiger partial charge < -0.3 is 14.8 Å². The van der Waals surface area contributed by atoms with Crippen LogP contribution in [-0.4, -0.2) is 25.1 Å². The number of ether oxygens (including phenoxy) is 2. The molecule has 6 nitrogen and oxygen atoms in total. The molecule has 0 radical (unpaired) electrons. The summed E-state index contributed by atoms with van der Waals surface area (Å²) >= 11 is 1.36. The van der Waals surface area contributed by atoms with Gasteiger partial charge in [0, 0.05) is 4.88 Å². The monoisotopic (exact) mass is 372 g/mol. The first kappa shape index (κ1) is 19.5. The lowest BCUT2D eigenvalue weighted by atomic mass is 10.1. The first-order chi connectivity index (χ1) is 12.5. The zero-order valence-electron chi connectivity index (χ0n) is 14.9. The van der Waals surface area contributed by atoms with E-state index in [1.807, 2.05) is 19.9 Å². The zero-order chi connectivity index (χ0) is 19.1. The van der Waals surface area contributed by atoms with Gasteiger partial charge in [-0.3, -0.25) is 4.79 Å². The predicted octanol–water partition coefficient (Wildman–Crippen LogP) is 3.68. The standard InChI is InChI=1S/C19H20N2O4S/c1-4-15-12(3)17(19(23)24-5-2)18(26-15)21-16(22)11-25-14-9-7-6-8-13(14)10-20/h6-9H,4-5,11H2,1-3H3,(H,21,22). The van der Waals surface area contributed by atoms with Crippen molar-refractivity contribution in [1.29, 1.82) is 5.26 Å². The molecule has 2 rings (SSSR count). The van der Waals surface area contributed by atoms with Crippen molar-refractivity contribution in [3.05, 3.63) is 45.8 Å². The number of thiophene rings is 1. The molecule has 0 unspecified atom stereocenters. The molecule has 1 N–H and O–H groups in total. The molecule has 1 aromatic carbocycles. The maximum absolute atomic E-state index is 12.3. The van der Waals surface area contributed by atoms with E-state index >= 15 is 0 Å². The number of nitriles is 1. The average molecular weight is 372 g/mol. The van der Waals surface area contributed by atoms with Crippen molar-refractivity contribution in [2.45, 2.75) is 27.2 Å². The highest BCUT2D eigenvalue weighted by Gasteiger charge is 2.23. The Morgan fingerprint density at radius 3 is 2.65 bits per heavy atom. The van der Waals surface area contributed by atoms with Crippen LogP contribution in [0.25, 0.3) is 0 Å². The van der Waals surface area contributed by atoms with Gasteiger partial charge in [-0.25, -0.2) is 4.79 Å². The average Bonchev–Trinajstić information content (AvgIpc) is 2.95. The van der Waals surface area contributed by atoms with E-state index in [1.165, 1.54) is 11.3 Å². The van der Waals surface area contributed by atoms with Crippen molar-refractivity contribution in [1.82, 2.24) is 0 Å². The highest BCUT2D eigenvalue weighted by atomic mass is 32.1. The number of esters is 1. The number of amides is 1. The van der Waals surface area contributed by atoms with Gasteiger partial charge in [-0.15, -0.1) is 11.3 Å². The number of anilines is 1. The van der Waals surface area contributed by atoms with Crippen LogP contribution in [0.15, 0.2) is 24.3 Å². The molecule has 1 aromatic heterocycles. The maximum atomic E-state index is 12.3. The lowest BCUT2D eigenvalue weighted by molar-refractivity contribution is -0.118. The molecule has 0 fully saturated rings. The van der Waals surface area contributed by atoms with Crippen molar-refractivity contribution in [3.63, 3.8) is 0 Å². The molecule has 0 atom stereocenters. The minimum atomic E-state index is -0.452. The molecule has 7 heteroatoms. The van der Waals surface area contributed by atoms with Gasteiger partial charge in [0.25, 0.3) is 5.91 Å². The van der Waals surface area contributed by atoms with E-state index in [1.54, 1.807) is 31.2 Å². The van der Waals surface area contributed by atoms with Gasteiger partial charge in [-0.1, -0.05) is 19.1 Å². The van der Waals surface area contributed by atoms with E-state index in [9.17, 15) is 9.59 Å². The quantitative estimate of drug-likeness (QED) is 0.749. The van der Waals surface area contributed by atoms with Crippen molar-refractivity contribution < 1.29 is 19.1 Å². The highest BCUT2D eigenvalue weighted by molar-refractivity contribution is 7.17. The summed E-state index contributed by atoms with van der Waals surface area (Å²) in [6.45, 7) is 5.56. The van der Waals surface area contributed by atoms with Crippen LogP contribution in [0.5, 0.6) is 5.75 Å². The van der Waals surface area contributed by atoms with Gasteiger partial charge >= 0.3 is 5.97 Å². The summed E-state index contributed by atoms with van der Waals surface area (Å²) in [4.78, 5) is 25.5. The Balaban J connectivity index is 2.13. The number of rotatable bonds is 7. The summed E-state index contributed by atoms with van der Waals surface area (Å²) in [5.41, 5.74) is 1.56. The molecule has 0 aliphatic heterocycles. The molecule has 2 aromatic rings.